The van der Waals surface area contributed by atoms with Crippen LogP contribution in [0.5, 0.6) is 11.5 Å². The Labute approximate surface area is 202 Å². The zero-order chi connectivity index (χ0) is 23.1. The topological polar surface area (TPSA) is 110 Å². The lowest BCUT2D eigenvalue weighted by atomic mass is 10.1. The van der Waals surface area contributed by atoms with E-state index in [0.29, 0.717) is 22.6 Å². The van der Waals surface area contributed by atoms with Gasteiger partial charge in [-0.1, -0.05) is 23.7 Å². The van der Waals surface area contributed by atoms with Crippen molar-refractivity contribution < 1.29 is 24.2 Å². The van der Waals surface area contributed by atoms with Gasteiger partial charge in [0.25, 0.3) is 5.91 Å². The Bertz CT molecular complexity index is 1190. The van der Waals surface area contributed by atoms with E-state index in [1.165, 1.54) is 25.6 Å². The Morgan fingerprint density at radius 2 is 2.06 bits per heavy atom. The van der Waals surface area contributed by atoms with Gasteiger partial charge in [0.05, 0.1) is 28.0 Å². The Kier molecular flexibility index (Phi) is 8.01. The van der Waals surface area contributed by atoms with Crippen LogP contribution in [0.2, 0.25) is 5.15 Å². The summed E-state index contributed by atoms with van der Waals surface area (Å²) in [6, 6.07) is 13.2. The van der Waals surface area contributed by atoms with Crippen LogP contribution < -0.4 is 14.9 Å². The zero-order valence-corrected chi connectivity index (χ0v) is 19.6. The summed E-state index contributed by atoms with van der Waals surface area (Å²) >= 11 is 8.01. The van der Waals surface area contributed by atoms with Gasteiger partial charge in [0.2, 0.25) is 0 Å². The number of aromatic nitrogens is 1. The minimum Gasteiger partial charge on any atom is -0.493 e. The molecule has 2 N–H and O–H groups in total. The standard InChI is InChI=1S/C22H17ClIN3O5/c1-31-18-10-14(11-26-27-21(28)16-6-3-7-25-20(16)23)9-17(24)19(18)32-12-13-4-2-5-15(8-13)22(29)30/h2-11H,12H2,1H3,(H,27,28)(H,29,30). The highest BCUT2D eigenvalue weighted by Gasteiger charge is 2.13. The van der Waals surface area contributed by atoms with Crippen LogP contribution in [0.25, 0.3) is 0 Å². The minimum atomic E-state index is -0.999. The number of carbonyl (C=O) groups excluding carboxylic acids is 1. The fourth-order valence-corrected chi connectivity index (χ4v) is 3.67. The van der Waals surface area contributed by atoms with Gasteiger partial charge < -0.3 is 14.6 Å². The smallest absolute Gasteiger partial charge is 0.335 e. The predicted molar refractivity (Wildman–Crippen MR) is 128 cm³/mol. The Hall–Kier alpha value is -3.18. The quantitative estimate of drug-likeness (QED) is 0.181. The maximum Gasteiger partial charge on any atom is 0.335 e. The molecule has 0 unspecified atom stereocenters. The third-order valence-electron chi connectivity index (χ3n) is 4.19. The fourth-order valence-electron chi connectivity index (χ4n) is 2.69. The SMILES string of the molecule is COc1cc(C=NNC(=O)c2cccnc2Cl)cc(I)c1OCc1cccc(C(=O)O)c1. The molecule has 1 heterocycles. The molecule has 0 aliphatic carbocycles. The summed E-state index contributed by atoms with van der Waals surface area (Å²) in [5.74, 6) is -0.503. The van der Waals surface area contributed by atoms with Gasteiger partial charge in [0.15, 0.2) is 11.5 Å². The van der Waals surface area contributed by atoms with E-state index in [2.05, 4.69) is 38.1 Å². The van der Waals surface area contributed by atoms with Crippen molar-refractivity contribution in [3.63, 3.8) is 0 Å². The molecule has 1 aromatic heterocycles. The number of halogens is 2. The Balaban J connectivity index is 1.71. The second-order valence-electron chi connectivity index (χ2n) is 6.37. The molecule has 3 aromatic rings. The van der Waals surface area contributed by atoms with E-state index in [1.54, 1.807) is 42.5 Å². The van der Waals surface area contributed by atoms with Crippen LogP contribution in [0.15, 0.2) is 59.8 Å². The first-order chi connectivity index (χ1) is 15.4. The molecule has 0 spiro atoms. The lowest BCUT2D eigenvalue weighted by Gasteiger charge is -2.14. The molecule has 0 saturated carbocycles. The number of nitrogens with one attached hydrogen (secondary N) is 1. The van der Waals surface area contributed by atoms with Crippen LogP contribution >= 0.6 is 34.2 Å². The zero-order valence-electron chi connectivity index (χ0n) is 16.7. The van der Waals surface area contributed by atoms with Gasteiger partial charge in [-0.3, -0.25) is 4.79 Å². The van der Waals surface area contributed by atoms with E-state index in [4.69, 9.17) is 26.2 Å². The summed E-state index contributed by atoms with van der Waals surface area (Å²) in [4.78, 5) is 27.1. The summed E-state index contributed by atoms with van der Waals surface area (Å²) in [5.41, 5.74) is 4.19. The number of hydrogen-bond donors (Lipinski definition) is 2. The maximum absolute atomic E-state index is 12.2. The molecular weight excluding hydrogens is 549 g/mol. The molecule has 164 valence electrons. The van der Waals surface area contributed by atoms with E-state index in [9.17, 15) is 9.59 Å². The van der Waals surface area contributed by atoms with Crippen molar-refractivity contribution in [3.05, 3.63) is 85.7 Å². The molecule has 0 fully saturated rings. The molecule has 10 heteroatoms. The number of aromatic carboxylic acids is 1. The minimum absolute atomic E-state index is 0.0896. The van der Waals surface area contributed by atoms with Crippen LogP contribution in [0, 0.1) is 3.57 Å². The number of ether oxygens (including phenoxy) is 2. The third kappa shape index (κ3) is 5.95. The van der Waals surface area contributed by atoms with Crippen molar-refractivity contribution in [1.82, 2.24) is 10.4 Å². The number of amides is 1. The first-order valence-corrected chi connectivity index (χ1v) is 10.6. The molecule has 0 saturated heterocycles. The number of carboxylic acid groups (broad SMARTS) is 1. The molecule has 0 aliphatic rings. The molecule has 8 nitrogen and oxygen atoms in total. The highest BCUT2D eigenvalue weighted by molar-refractivity contribution is 14.1. The van der Waals surface area contributed by atoms with Crippen LogP contribution in [0.3, 0.4) is 0 Å². The lowest BCUT2D eigenvalue weighted by molar-refractivity contribution is 0.0696. The Morgan fingerprint density at radius 3 is 2.78 bits per heavy atom. The molecule has 32 heavy (non-hydrogen) atoms. The van der Waals surface area contributed by atoms with Gasteiger partial charge in [0, 0.05) is 6.20 Å². The highest BCUT2D eigenvalue weighted by atomic mass is 127. The fraction of sp³-hybridized carbons (Fsp3) is 0.0909. The number of methoxy groups -OCH3 is 1. The van der Waals surface area contributed by atoms with E-state index in [1.807, 2.05) is 0 Å². The average Bonchev–Trinajstić information content (AvgIpc) is 2.78. The first kappa shape index (κ1) is 23.5. The van der Waals surface area contributed by atoms with Crippen molar-refractivity contribution >= 4 is 52.3 Å². The van der Waals surface area contributed by atoms with E-state index < -0.39 is 11.9 Å². The van der Waals surface area contributed by atoms with Crippen molar-refractivity contribution in [3.8, 4) is 11.5 Å². The summed E-state index contributed by atoms with van der Waals surface area (Å²) < 4.78 is 12.1. The normalized spacial score (nSPS) is 10.7. The molecule has 3 rings (SSSR count). The average molecular weight is 566 g/mol. The van der Waals surface area contributed by atoms with Crippen molar-refractivity contribution in [2.75, 3.05) is 7.11 Å². The summed E-state index contributed by atoms with van der Waals surface area (Å²) in [7, 11) is 1.51. The van der Waals surface area contributed by atoms with Crippen LogP contribution in [0.1, 0.15) is 31.8 Å². The summed E-state index contributed by atoms with van der Waals surface area (Å²) in [6.07, 6.45) is 2.95. The number of hydrazone groups is 1. The van der Waals surface area contributed by atoms with Crippen LogP contribution in [-0.4, -0.2) is 35.3 Å². The lowest BCUT2D eigenvalue weighted by Crippen LogP contribution is -2.18. The molecular formula is C22H17ClIN3O5. The second kappa shape index (κ2) is 10.9. The van der Waals surface area contributed by atoms with Gasteiger partial charge in [-0.15, -0.1) is 0 Å². The number of benzene rings is 2. The predicted octanol–water partition coefficient (Wildman–Crippen LogP) is 4.39. The van der Waals surface area contributed by atoms with Gasteiger partial charge in [0.1, 0.15) is 11.8 Å². The van der Waals surface area contributed by atoms with Crippen molar-refractivity contribution in [2.45, 2.75) is 6.61 Å². The maximum atomic E-state index is 12.2. The van der Waals surface area contributed by atoms with Gasteiger partial charge in [-0.25, -0.2) is 15.2 Å². The monoisotopic (exact) mass is 565 g/mol. The summed E-state index contributed by atoms with van der Waals surface area (Å²) in [5, 5.41) is 13.2. The number of rotatable bonds is 8. The number of hydrogen-bond acceptors (Lipinski definition) is 6. The highest BCUT2D eigenvalue weighted by Crippen LogP contribution is 2.34. The van der Waals surface area contributed by atoms with Gasteiger partial charge in [-0.2, -0.15) is 5.10 Å². The number of pyridine rings is 1. The molecule has 2 aromatic carbocycles. The Morgan fingerprint density at radius 1 is 1.25 bits per heavy atom. The van der Waals surface area contributed by atoms with E-state index >= 15 is 0 Å². The van der Waals surface area contributed by atoms with E-state index in [0.717, 1.165) is 3.57 Å². The van der Waals surface area contributed by atoms with E-state index in [-0.39, 0.29) is 22.9 Å². The molecule has 0 radical (unpaired) electrons. The molecule has 0 bridgehead atoms. The molecule has 1 amide bonds. The number of carboxylic acids is 1. The first-order valence-electron chi connectivity index (χ1n) is 9.15. The number of carbonyl (C=O) groups is 2. The summed E-state index contributed by atoms with van der Waals surface area (Å²) in [6.45, 7) is 0.169. The van der Waals surface area contributed by atoms with Gasteiger partial charge in [-0.05, 0) is 70.1 Å². The van der Waals surface area contributed by atoms with Crippen molar-refractivity contribution in [1.29, 1.82) is 0 Å². The molecule has 0 aliphatic heterocycles. The molecule has 0 atom stereocenters. The van der Waals surface area contributed by atoms with Crippen molar-refractivity contribution in [2.24, 2.45) is 5.10 Å². The number of nitrogens with zero attached hydrogens (tertiary/aromatic N) is 2. The third-order valence-corrected chi connectivity index (χ3v) is 5.29. The van der Waals surface area contributed by atoms with Crippen LogP contribution in [-0.2, 0) is 6.61 Å². The largest absolute Gasteiger partial charge is 0.493 e. The second-order valence-corrected chi connectivity index (χ2v) is 7.89. The van der Waals surface area contributed by atoms with Gasteiger partial charge >= 0.3 is 5.97 Å². The van der Waals surface area contributed by atoms with Crippen LogP contribution in [0.4, 0.5) is 0 Å².